The van der Waals surface area contributed by atoms with Crippen molar-refractivity contribution in [3.05, 3.63) is 83.3 Å². The summed E-state index contributed by atoms with van der Waals surface area (Å²) in [6.45, 7) is 0.477. The van der Waals surface area contributed by atoms with Crippen LogP contribution in [0.1, 0.15) is 16.7 Å². The smallest absolute Gasteiger partial charge is 0.244 e. The topological polar surface area (TPSA) is 103 Å². The van der Waals surface area contributed by atoms with E-state index >= 15 is 0 Å². The van der Waals surface area contributed by atoms with Crippen molar-refractivity contribution < 1.29 is 22.7 Å². The fourth-order valence-electron chi connectivity index (χ4n) is 4.75. The maximum atomic E-state index is 14.3. The molecular weight excluding hydrogens is 481 g/mol. The van der Waals surface area contributed by atoms with E-state index in [1.165, 1.54) is 18.2 Å². The second kappa shape index (κ2) is 10.0. The van der Waals surface area contributed by atoms with Gasteiger partial charge in [0, 0.05) is 36.1 Å². The van der Waals surface area contributed by atoms with E-state index in [0.29, 0.717) is 42.9 Å². The van der Waals surface area contributed by atoms with E-state index in [2.05, 4.69) is 15.0 Å². The van der Waals surface area contributed by atoms with Gasteiger partial charge in [0.15, 0.2) is 0 Å². The van der Waals surface area contributed by atoms with Gasteiger partial charge in [0.25, 0.3) is 0 Å². The summed E-state index contributed by atoms with van der Waals surface area (Å²) in [5.41, 5.74) is 4.53. The Morgan fingerprint density at radius 2 is 1.94 bits per heavy atom. The van der Waals surface area contributed by atoms with Gasteiger partial charge in [-0.25, -0.2) is 17.5 Å². The Balaban J connectivity index is 1.49. The van der Waals surface area contributed by atoms with Crippen LogP contribution in [0.4, 0.5) is 4.39 Å². The van der Waals surface area contributed by atoms with Crippen molar-refractivity contribution in [1.29, 1.82) is 0 Å². The van der Waals surface area contributed by atoms with E-state index in [9.17, 15) is 17.9 Å². The molecule has 188 valence electrons. The summed E-state index contributed by atoms with van der Waals surface area (Å²) in [6.07, 6.45) is 2.69. The zero-order valence-corrected chi connectivity index (χ0v) is 20.7. The van der Waals surface area contributed by atoms with Gasteiger partial charge < -0.3 is 20.1 Å². The molecule has 1 aromatic heterocycles. The molecule has 5 rings (SSSR count). The summed E-state index contributed by atoms with van der Waals surface area (Å²) >= 11 is 0. The van der Waals surface area contributed by atoms with E-state index < -0.39 is 21.9 Å². The Bertz CT molecular complexity index is 1520. The highest BCUT2D eigenvalue weighted by atomic mass is 32.2. The first kappa shape index (κ1) is 24.5. The lowest BCUT2D eigenvalue weighted by molar-refractivity contribution is 0.256. The van der Waals surface area contributed by atoms with Crippen LogP contribution >= 0.6 is 0 Å². The summed E-state index contributed by atoms with van der Waals surface area (Å²) in [5.74, 6) is -0.0852. The first-order valence-electron chi connectivity index (χ1n) is 11.8. The van der Waals surface area contributed by atoms with Crippen molar-refractivity contribution in [3.8, 4) is 16.9 Å². The molecule has 1 aliphatic rings. The largest absolute Gasteiger partial charge is 0.492 e. The Labute approximate surface area is 209 Å². The Morgan fingerprint density at radius 1 is 1.14 bits per heavy atom. The molecule has 0 spiro atoms. The first-order chi connectivity index (χ1) is 17.4. The number of sulfonamides is 1. The van der Waals surface area contributed by atoms with Crippen LogP contribution in [-0.2, 0) is 29.4 Å². The number of hydrogen-bond donors (Lipinski definition) is 4. The minimum absolute atomic E-state index is 0.00990. The lowest BCUT2D eigenvalue weighted by Crippen LogP contribution is -2.39. The molecule has 3 aromatic carbocycles. The molecule has 2 heterocycles. The van der Waals surface area contributed by atoms with Crippen molar-refractivity contribution in [3.63, 3.8) is 0 Å². The SMILES string of the molecule is CNCc1cc(F)cc(-c2cc3c(c(S(=O)(=O)N[C@@H](CO)Cc4c[nH]c5ccccc45)c2)OCC3)c1. The summed E-state index contributed by atoms with van der Waals surface area (Å²) in [6, 6.07) is 15.0. The molecule has 0 unspecified atom stereocenters. The van der Waals surface area contributed by atoms with Gasteiger partial charge in [-0.15, -0.1) is 0 Å². The number of para-hydroxylation sites is 1. The van der Waals surface area contributed by atoms with Crippen LogP contribution in [-0.4, -0.2) is 44.8 Å². The third-order valence-electron chi connectivity index (χ3n) is 6.39. The molecule has 7 nitrogen and oxygen atoms in total. The molecule has 0 fully saturated rings. The fraction of sp³-hybridized carbons (Fsp3) is 0.259. The van der Waals surface area contributed by atoms with Crippen LogP contribution in [0.2, 0.25) is 0 Å². The zero-order chi connectivity index (χ0) is 25.3. The molecule has 4 aromatic rings. The number of aliphatic hydroxyl groups is 1. The number of nitrogens with one attached hydrogen (secondary N) is 3. The van der Waals surface area contributed by atoms with Crippen LogP contribution in [0.15, 0.2) is 65.7 Å². The number of hydrogen-bond acceptors (Lipinski definition) is 5. The van der Waals surface area contributed by atoms with Crippen molar-refractivity contribution in [1.82, 2.24) is 15.0 Å². The van der Waals surface area contributed by atoms with Gasteiger partial charge >= 0.3 is 0 Å². The number of ether oxygens (including phenoxy) is 1. The van der Waals surface area contributed by atoms with E-state index in [4.69, 9.17) is 4.74 Å². The van der Waals surface area contributed by atoms with Gasteiger partial charge in [0.05, 0.1) is 13.2 Å². The van der Waals surface area contributed by atoms with Crippen LogP contribution in [0.3, 0.4) is 0 Å². The third-order valence-corrected chi connectivity index (χ3v) is 7.92. The van der Waals surface area contributed by atoms with Crippen LogP contribution in [0, 0.1) is 5.82 Å². The molecule has 0 bridgehead atoms. The van der Waals surface area contributed by atoms with E-state index in [0.717, 1.165) is 27.6 Å². The van der Waals surface area contributed by atoms with Crippen LogP contribution < -0.4 is 14.8 Å². The molecule has 0 radical (unpaired) electrons. The first-order valence-corrected chi connectivity index (χ1v) is 13.3. The molecule has 1 atom stereocenters. The fourth-order valence-corrected chi connectivity index (χ4v) is 6.19. The van der Waals surface area contributed by atoms with Crippen LogP contribution in [0.25, 0.3) is 22.0 Å². The predicted molar refractivity (Wildman–Crippen MR) is 137 cm³/mol. The Hall–Kier alpha value is -3.24. The number of aromatic amines is 1. The molecule has 9 heteroatoms. The second-order valence-electron chi connectivity index (χ2n) is 9.00. The van der Waals surface area contributed by atoms with Crippen molar-refractivity contribution in [2.24, 2.45) is 0 Å². The van der Waals surface area contributed by atoms with Gasteiger partial charge in [0.1, 0.15) is 16.5 Å². The maximum Gasteiger partial charge on any atom is 0.244 e. The maximum absolute atomic E-state index is 14.3. The average Bonchev–Trinajstić information content (AvgIpc) is 3.50. The molecule has 36 heavy (non-hydrogen) atoms. The quantitative estimate of drug-likeness (QED) is 0.277. The summed E-state index contributed by atoms with van der Waals surface area (Å²) < 4.78 is 49.9. The normalized spacial score (nSPS) is 14.1. The highest BCUT2D eigenvalue weighted by Crippen LogP contribution is 2.38. The number of fused-ring (bicyclic) bond motifs is 2. The summed E-state index contributed by atoms with van der Waals surface area (Å²) in [4.78, 5) is 3.17. The standard InChI is InChI=1S/C27H28FN3O4S/c1-29-14-17-8-19(11-22(28)9-17)20-10-18-6-7-35-27(18)26(13-20)36(33,34)31-23(16-32)12-21-15-30-25-5-3-2-4-24(21)25/h2-5,8-11,13,15,23,29-32H,6-7,12,14,16H2,1H3/t23-/m1/s1. The van der Waals surface area contributed by atoms with Gasteiger partial charge in [-0.1, -0.05) is 18.2 Å². The van der Waals surface area contributed by atoms with Crippen molar-refractivity contribution in [2.45, 2.75) is 30.3 Å². The number of aromatic nitrogens is 1. The minimum atomic E-state index is -4.07. The van der Waals surface area contributed by atoms with E-state index in [1.54, 1.807) is 7.05 Å². The number of rotatable bonds is 9. The molecule has 4 N–H and O–H groups in total. The molecular formula is C27H28FN3O4S. The Morgan fingerprint density at radius 3 is 2.75 bits per heavy atom. The van der Waals surface area contributed by atoms with E-state index in [-0.39, 0.29) is 11.5 Å². The van der Waals surface area contributed by atoms with E-state index in [1.807, 2.05) is 42.6 Å². The zero-order valence-electron chi connectivity index (χ0n) is 19.8. The number of aliphatic hydroxyl groups excluding tert-OH is 1. The molecule has 0 amide bonds. The monoisotopic (exact) mass is 509 g/mol. The van der Waals surface area contributed by atoms with Gasteiger partial charge in [-0.05, 0) is 77.7 Å². The van der Waals surface area contributed by atoms with Gasteiger partial charge in [-0.3, -0.25) is 0 Å². The third kappa shape index (κ3) is 4.87. The number of benzene rings is 3. The molecule has 1 aliphatic heterocycles. The van der Waals surface area contributed by atoms with Crippen molar-refractivity contribution >= 4 is 20.9 Å². The number of H-pyrrole nitrogens is 1. The van der Waals surface area contributed by atoms with Gasteiger partial charge in [0.2, 0.25) is 10.0 Å². The van der Waals surface area contributed by atoms with Crippen LogP contribution in [0.5, 0.6) is 5.75 Å². The second-order valence-corrected chi connectivity index (χ2v) is 10.7. The number of halogens is 1. The predicted octanol–water partition coefficient (Wildman–Crippen LogP) is 3.51. The molecule has 0 saturated carbocycles. The van der Waals surface area contributed by atoms with Crippen molar-refractivity contribution in [2.75, 3.05) is 20.3 Å². The summed E-state index contributed by atoms with van der Waals surface area (Å²) in [5, 5.41) is 14.0. The Kier molecular flexibility index (Phi) is 6.81. The molecule has 0 saturated heterocycles. The molecule has 0 aliphatic carbocycles. The van der Waals surface area contributed by atoms with Gasteiger partial charge in [-0.2, -0.15) is 0 Å². The summed E-state index contributed by atoms with van der Waals surface area (Å²) in [7, 11) is -2.29. The highest BCUT2D eigenvalue weighted by molar-refractivity contribution is 7.89. The highest BCUT2D eigenvalue weighted by Gasteiger charge is 2.29. The lowest BCUT2D eigenvalue weighted by atomic mass is 9.99. The average molecular weight is 510 g/mol. The lowest BCUT2D eigenvalue weighted by Gasteiger charge is -2.18. The minimum Gasteiger partial charge on any atom is -0.492 e.